The number of ether oxygens (including phenoxy) is 1. The molecule has 0 saturated carbocycles. The molecule has 0 atom stereocenters. The summed E-state index contributed by atoms with van der Waals surface area (Å²) in [6, 6.07) is 15.3. The van der Waals surface area contributed by atoms with Gasteiger partial charge in [0.05, 0.1) is 12.8 Å². The summed E-state index contributed by atoms with van der Waals surface area (Å²) in [7, 11) is 0. The van der Waals surface area contributed by atoms with Crippen LogP contribution in [0.2, 0.25) is 0 Å². The van der Waals surface area contributed by atoms with Crippen LogP contribution >= 0.6 is 0 Å². The molecule has 6 nitrogen and oxygen atoms in total. The average Bonchev–Trinajstić information content (AvgIpc) is 3.29. The van der Waals surface area contributed by atoms with Gasteiger partial charge >= 0.3 is 5.91 Å². The zero-order valence-electron chi connectivity index (χ0n) is 17.5. The van der Waals surface area contributed by atoms with Gasteiger partial charge in [0.2, 0.25) is 0 Å². The Kier molecular flexibility index (Phi) is 5.58. The first-order valence-corrected chi connectivity index (χ1v) is 9.91. The van der Waals surface area contributed by atoms with Gasteiger partial charge in [0.1, 0.15) is 17.1 Å². The minimum atomic E-state index is -0.447. The number of nitrogens with one attached hydrogen (secondary N) is 1. The number of aromatic nitrogens is 1. The predicted octanol–water partition coefficient (Wildman–Crippen LogP) is 5.14. The fraction of sp³-hybridized carbons (Fsp3) is 0.167. The monoisotopic (exact) mass is 419 g/mol. The highest BCUT2D eigenvalue weighted by atomic mass is 19.1. The summed E-state index contributed by atoms with van der Waals surface area (Å²) in [4.78, 5) is 12.4. The Hall–Kier alpha value is -3.87. The van der Waals surface area contributed by atoms with Crippen molar-refractivity contribution >= 4 is 23.1 Å². The third-order valence-electron chi connectivity index (χ3n) is 4.95. The largest absolute Gasteiger partial charge is 0.494 e. The number of fused-ring (bicyclic) bond motifs is 1. The van der Waals surface area contributed by atoms with Crippen LogP contribution in [0.5, 0.6) is 5.75 Å². The van der Waals surface area contributed by atoms with E-state index in [1.165, 1.54) is 12.1 Å². The van der Waals surface area contributed by atoms with Gasteiger partial charge in [0, 0.05) is 28.0 Å². The van der Waals surface area contributed by atoms with E-state index in [2.05, 4.69) is 10.5 Å². The van der Waals surface area contributed by atoms with Gasteiger partial charge in [-0.2, -0.15) is 5.10 Å². The Morgan fingerprint density at radius 2 is 1.94 bits per heavy atom. The molecule has 4 rings (SSSR count). The highest BCUT2D eigenvalue weighted by Crippen LogP contribution is 2.24. The second-order valence-corrected chi connectivity index (χ2v) is 7.08. The molecular weight excluding hydrogens is 397 g/mol. The van der Waals surface area contributed by atoms with Crippen molar-refractivity contribution in [3.63, 3.8) is 0 Å². The van der Waals surface area contributed by atoms with Crippen LogP contribution in [0.25, 0.3) is 16.7 Å². The van der Waals surface area contributed by atoms with Gasteiger partial charge in [-0.15, -0.1) is 0 Å². The average molecular weight is 419 g/mol. The summed E-state index contributed by atoms with van der Waals surface area (Å²) in [6.45, 7) is 6.37. The molecule has 0 fully saturated rings. The minimum Gasteiger partial charge on any atom is -0.494 e. The highest BCUT2D eigenvalue weighted by molar-refractivity contribution is 5.96. The Morgan fingerprint density at radius 3 is 2.68 bits per heavy atom. The van der Waals surface area contributed by atoms with E-state index in [1.807, 2.05) is 37.5 Å². The third kappa shape index (κ3) is 4.21. The van der Waals surface area contributed by atoms with Crippen molar-refractivity contribution in [1.82, 2.24) is 9.99 Å². The first kappa shape index (κ1) is 20.4. The molecule has 2 heterocycles. The maximum atomic E-state index is 13.2. The molecule has 158 valence electrons. The number of hydrazone groups is 1. The van der Waals surface area contributed by atoms with Crippen LogP contribution in [0.1, 0.15) is 34.4 Å². The van der Waals surface area contributed by atoms with Crippen molar-refractivity contribution in [1.29, 1.82) is 0 Å². The van der Waals surface area contributed by atoms with Crippen LogP contribution in [-0.2, 0) is 0 Å². The van der Waals surface area contributed by atoms with Crippen molar-refractivity contribution in [2.75, 3.05) is 6.61 Å². The van der Waals surface area contributed by atoms with Crippen LogP contribution in [0.3, 0.4) is 0 Å². The molecular formula is C24H22FN3O3. The van der Waals surface area contributed by atoms with E-state index in [1.54, 1.807) is 36.5 Å². The van der Waals surface area contributed by atoms with Gasteiger partial charge in [0.15, 0.2) is 5.76 Å². The van der Waals surface area contributed by atoms with Crippen molar-refractivity contribution in [2.45, 2.75) is 20.8 Å². The number of furan rings is 1. The quantitative estimate of drug-likeness (QED) is 0.347. The summed E-state index contributed by atoms with van der Waals surface area (Å²) < 4.78 is 26.3. The highest BCUT2D eigenvalue weighted by Gasteiger charge is 2.13. The van der Waals surface area contributed by atoms with Crippen LogP contribution < -0.4 is 10.2 Å². The number of hydrogen-bond acceptors (Lipinski definition) is 4. The van der Waals surface area contributed by atoms with E-state index >= 15 is 0 Å². The van der Waals surface area contributed by atoms with Crippen molar-refractivity contribution in [2.24, 2.45) is 5.10 Å². The topological polar surface area (TPSA) is 68.8 Å². The molecule has 0 aliphatic rings. The van der Waals surface area contributed by atoms with Crippen LogP contribution in [0.15, 0.2) is 64.1 Å². The minimum absolute atomic E-state index is 0.164. The fourth-order valence-corrected chi connectivity index (χ4v) is 3.51. The van der Waals surface area contributed by atoms with E-state index in [0.29, 0.717) is 12.2 Å². The lowest BCUT2D eigenvalue weighted by molar-refractivity contribution is 0.0929. The normalized spacial score (nSPS) is 11.4. The van der Waals surface area contributed by atoms with Gasteiger partial charge in [-0.25, -0.2) is 9.82 Å². The predicted molar refractivity (Wildman–Crippen MR) is 118 cm³/mol. The van der Waals surface area contributed by atoms with Crippen molar-refractivity contribution in [3.8, 4) is 11.4 Å². The molecule has 0 saturated heterocycles. The molecule has 0 bridgehead atoms. The zero-order valence-corrected chi connectivity index (χ0v) is 17.5. The number of halogens is 1. The van der Waals surface area contributed by atoms with E-state index in [0.717, 1.165) is 33.8 Å². The van der Waals surface area contributed by atoms with Gasteiger partial charge < -0.3 is 13.7 Å². The Morgan fingerprint density at radius 1 is 1.16 bits per heavy atom. The lowest BCUT2D eigenvalue weighted by atomic mass is 10.2. The summed E-state index contributed by atoms with van der Waals surface area (Å²) in [5.74, 6) is 0.156. The number of rotatable bonds is 6. The third-order valence-corrected chi connectivity index (χ3v) is 4.95. The Bertz CT molecular complexity index is 1270. The maximum Gasteiger partial charge on any atom is 0.307 e. The van der Waals surface area contributed by atoms with Crippen molar-refractivity contribution in [3.05, 3.63) is 83.1 Å². The molecule has 1 amide bonds. The lowest BCUT2D eigenvalue weighted by Gasteiger charge is -2.09. The number of aryl methyl sites for hydroxylation is 1. The van der Waals surface area contributed by atoms with Gasteiger partial charge in [-0.1, -0.05) is 0 Å². The number of nitrogens with zero attached hydrogens (tertiary/aromatic N) is 2. The second kappa shape index (κ2) is 8.47. The number of hydrogen-bond donors (Lipinski definition) is 1. The SMILES string of the molecule is CCOc1ccc2oc(C(=O)N/N=C/c3cc(C)n(-c4ccc(F)cc4)c3C)cc2c1. The van der Waals surface area contributed by atoms with E-state index in [-0.39, 0.29) is 11.6 Å². The maximum absolute atomic E-state index is 13.2. The van der Waals surface area contributed by atoms with Crippen molar-refractivity contribution < 1.29 is 18.3 Å². The first-order chi connectivity index (χ1) is 15.0. The molecule has 0 unspecified atom stereocenters. The van der Waals surface area contributed by atoms with Crippen LogP contribution in [0.4, 0.5) is 4.39 Å². The first-order valence-electron chi connectivity index (χ1n) is 9.91. The Balaban J connectivity index is 1.50. The number of benzene rings is 2. The summed E-state index contributed by atoms with van der Waals surface area (Å²) in [5, 5.41) is 4.86. The lowest BCUT2D eigenvalue weighted by Crippen LogP contribution is -2.16. The number of amides is 1. The van der Waals surface area contributed by atoms with Gasteiger partial charge in [-0.3, -0.25) is 4.79 Å². The Labute approximate surface area is 178 Å². The molecule has 0 aliphatic carbocycles. The molecule has 2 aromatic carbocycles. The molecule has 0 spiro atoms. The molecule has 31 heavy (non-hydrogen) atoms. The smallest absolute Gasteiger partial charge is 0.307 e. The molecule has 0 radical (unpaired) electrons. The zero-order chi connectivity index (χ0) is 22.0. The summed E-state index contributed by atoms with van der Waals surface area (Å²) >= 11 is 0. The second-order valence-electron chi connectivity index (χ2n) is 7.08. The number of carbonyl (C=O) groups is 1. The standard InChI is InChI=1S/C24H22FN3O3/c1-4-30-21-9-10-22-17(12-21)13-23(31-22)24(29)27-26-14-18-11-15(2)28(16(18)3)20-7-5-19(25)6-8-20/h5-14H,4H2,1-3H3,(H,27,29)/b26-14+. The molecule has 2 aromatic heterocycles. The molecule has 1 N–H and O–H groups in total. The molecule has 7 heteroatoms. The van der Waals surface area contributed by atoms with Gasteiger partial charge in [-0.05, 0) is 75.4 Å². The van der Waals surface area contributed by atoms with E-state index < -0.39 is 5.91 Å². The molecule has 4 aromatic rings. The van der Waals surface area contributed by atoms with Crippen LogP contribution in [-0.4, -0.2) is 23.3 Å². The van der Waals surface area contributed by atoms with E-state index in [4.69, 9.17) is 9.15 Å². The fourth-order valence-electron chi connectivity index (χ4n) is 3.51. The summed E-state index contributed by atoms with van der Waals surface area (Å²) in [5.41, 5.74) is 6.69. The van der Waals surface area contributed by atoms with Gasteiger partial charge in [0.25, 0.3) is 0 Å². The van der Waals surface area contributed by atoms with Crippen LogP contribution in [0, 0.1) is 19.7 Å². The molecule has 0 aliphatic heterocycles. The van der Waals surface area contributed by atoms with E-state index in [9.17, 15) is 9.18 Å². The summed E-state index contributed by atoms with van der Waals surface area (Å²) in [6.07, 6.45) is 1.58. The number of carbonyl (C=O) groups excluding carboxylic acids is 1.